The Morgan fingerprint density at radius 3 is 2.56 bits per heavy atom. The Balaban J connectivity index is 2.46. The molecule has 0 atom stereocenters. The zero-order valence-corrected chi connectivity index (χ0v) is 10.5. The second-order valence-corrected chi connectivity index (χ2v) is 4.84. The summed E-state index contributed by atoms with van der Waals surface area (Å²) < 4.78 is 13.6. The van der Waals surface area contributed by atoms with Crippen LogP contribution in [0.25, 0.3) is 0 Å². The third-order valence-electron chi connectivity index (χ3n) is 2.49. The summed E-state index contributed by atoms with van der Waals surface area (Å²) >= 11 is 1.14. The van der Waals surface area contributed by atoms with E-state index >= 15 is 0 Å². The van der Waals surface area contributed by atoms with Crippen LogP contribution in [-0.4, -0.2) is 11.1 Å². The van der Waals surface area contributed by atoms with Crippen molar-refractivity contribution in [2.75, 3.05) is 0 Å². The minimum absolute atomic E-state index is 0.197. The summed E-state index contributed by atoms with van der Waals surface area (Å²) in [5, 5.41) is 9.13. The topological polar surface area (TPSA) is 37.3 Å². The van der Waals surface area contributed by atoms with E-state index in [1.54, 1.807) is 24.3 Å². The van der Waals surface area contributed by atoms with E-state index in [-0.39, 0.29) is 11.4 Å². The fourth-order valence-electron chi connectivity index (χ4n) is 1.59. The molecule has 0 spiro atoms. The van der Waals surface area contributed by atoms with Crippen LogP contribution in [0.1, 0.15) is 15.9 Å². The zero-order valence-electron chi connectivity index (χ0n) is 9.68. The van der Waals surface area contributed by atoms with Crippen molar-refractivity contribution in [3.05, 3.63) is 59.4 Å². The summed E-state index contributed by atoms with van der Waals surface area (Å²) in [7, 11) is 0. The zero-order chi connectivity index (χ0) is 13.1. The van der Waals surface area contributed by atoms with Crippen LogP contribution in [0.4, 0.5) is 4.39 Å². The van der Waals surface area contributed by atoms with E-state index < -0.39 is 5.97 Å². The molecule has 0 bridgehead atoms. The average Bonchev–Trinajstić information content (AvgIpc) is 2.34. The van der Waals surface area contributed by atoms with E-state index in [0.29, 0.717) is 9.79 Å². The fourth-order valence-corrected chi connectivity index (χ4v) is 2.62. The van der Waals surface area contributed by atoms with E-state index in [0.717, 1.165) is 17.3 Å². The summed E-state index contributed by atoms with van der Waals surface area (Å²) in [6.45, 7) is 1.82. The molecule has 1 N–H and O–H groups in total. The lowest BCUT2D eigenvalue weighted by molar-refractivity contribution is 0.0693. The van der Waals surface area contributed by atoms with Crippen molar-refractivity contribution in [3.63, 3.8) is 0 Å². The third kappa shape index (κ3) is 2.54. The molecule has 0 aliphatic heterocycles. The molecule has 2 nitrogen and oxygen atoms in total. The van der Waals surface area contributed by atoms with Gasteiger partial charge in [-0.25, -0.2) is 9.18 Å². The first-order valence-corrected chi connectivity index (χ1v) is 6.16. The van der Waals surface area contributed by atoms with E-state index in [1.165, 1.54) is 12.1 Å². The average molecular weight is 262 g/mol. The number of carbonyl (C=O) groups is 1. The summed E-state index contributed by atoms with van der Waals surface area (Å²) in [5.41, 5.74) is 1.02. The Labute approximate surface area is 108 Å². The highest BCUT2D eigenvalue weighted by Gasteiger charge is 2.14. The number of carboxylic acids is 1. The van der Waals surface area contributed by atoms with Gasteiger partial charge >= 0.3 is 5.97 Å². The van der Waals surface area contributed by atoms with Crippen LogP contribution in [0, 0.1) is 12.7 Å². The Kier molecular flexibility index (Phi) is 3.67. The molecule has 2 aromatic rings. The highest BCUT2D eigenvalue weighted by Crippen LogP contribution is 2.34. The van der Waals surface area contributed by atoms with Gasteiger partial charge in [-0.1, -0.05) is 36.0 Å². The smallest absolute Gasteiger partial charge is 0.336 e. The molecule has 0 saturated heterocycles. The fraction of sp³-hybridized carbons (Fsp3) is 0.0714. The van der Waals surface area contributed by atoms with Gasteiger partial charge in [0.15, 0.2) is 0 Å². The Morgan fingerprint density at radius 2 is 1.89 bits per heavy atom. The maximum Gasteiger partial charge on any atom is 0.336 e. The SMILES string of the molecule is Cc1cccc(C(=O)O)c1Sc1ccccc1F. The number of halogens is 1. The largest absolute Gasteiger partial charge is 0.478 e. The first kappa shape index (κ1) is 12.6. The van der Waals surface area contributed by atoms with Crippen LogP contribution in [-0.2, 0) is 0 Å². The van der Waals surface area contributed by atoms with Crippen LogP contribution >= 0.6 is 11.8 Å². The second-order valence-electron chi connectivity index (χ2n) is 3.79. The van der Waals surface area contributed by atoms with Gasteiger partial charge < -0.3 is 5.11 Å². The van der Waals surface area contributed by atoms with Gasteiger partial charge in [0.05, 0.1) is 5.56 Å². The number of carboxylic acid groups (broad SMARTS) is 1. The van der Waals surface area contributed by atoms with Gasteiger partial charge in [0.2, 0.25) is 0 Å². The minimum Gasteiger partial charge on any atom is -0.478 e. The highest BCUT2D eigenvalue weighted by molar-refractivity contribution is 7.99. The summed E-state index contributed by atoms with van der Waals surface area (Å²) in [6, 6.07) is 11.4. The van der Waals surface area contributed by atoms with Crippen molar-refractivity contribution in [3.8, 4) is 0 Å². The molecule has 0 fully saturated rings. The van der Waals surface area contributed by atoms with Gasteiger partial charge in [-0.05, 0) is 30.7 Å². The monoisotopic (exact) mass is 262 g/mol. The van der Waals surface area contributed by atoms with E-state index in [2.05, 4.69) is 0 Å². The molecule has 2 aromatic carbocycles. The van der Waals surface area contributed by atoms with Crippen molar-refractivity contribution in [2.24, 2.45) is 0 Å². The minimum atomic E-state index is -1.00. The summed E-state index contributed by atoms with van der Waals surface area (Å²) in [5.74, 6) is -1.35. The molecule has 4 heteroatoms. The number of rotatable bonds is 3. The van der Waals surface area contributed by atoms with Crippen molar-refractivity contribution < 1.29 is 14.3 Å². The van der Waals surface area contributed by atoms with E-state index in [4.69, 9.17) is 5.11 Å². The van der Waals surface area contributed by atoms with E-state index in [1.807, 2.05) is 13.0 Å². The predicted octanol–water partition coefficient (Wildman–Crippen LogP) is 3.98. The van der Waals surface area contributed by atoms with Gasteiger partial charge in [0.25, 0.3) is 0 Å². The Morgan fingerprint density at radius 1 is 1.17 bits per heavy atom. The van der Waals surface area contributed by atoms with Crippen molar-refractivity contribution in [2.45, 2.75) is 16.7 Å². The number of hydrogen-bond acceptors (Lipinski definition) is 2. The standard InChI is InChI=1S/C14H11FO2S/c1-9-5-4-6-10(14(16)17)13(9)18-12-8-3-2-7-11(12)15/h2-8H,1H3,(H,16,17). The van der Waals surface area contributed by atoms with E-state index in [9.17, 15) is 9.18 Å². The van der Waals surface area contributed by atoms with Crippen LogP contribution in [0.5, 0.6) is 0 Å². The first-order valence-electron chi connectivity index (χ1n) is 5.35. The molecule has 0 unspecified atom stereocenters. The molecule has 0 saturated carbocycles. The molecule has 0 amide bonds. The van der Waals surface area contributed by atoms with Crippen molar-refractivity contribution >= 4 is 17.7 Å². The molecule has 92 valence electrons. The van der Waals surface area contributed by atoms with Gasteiger partial charge in [0.1, 0.15) is 5.82 Å². The number of aryl methyl sites for hydroxylation is 1. The molecule has 0 radical (unpaired) electrons. The van der Waals surface area contributed by atoms with Gasteiger partial charge in [-0.15, -0.1) is 0 Å². The molecular weight excluding hydrogens is 251 g/mol. The van der Waals surface area contributed by atoms with Crippen molar-refractivity contribution in [1.82, 2.24) is 0 Å². The summed E-state index contributed by atoms with van der Waals surface area (Å²) in [6.07, 6.45) is 0. The van der Waals surface area contributed by atoms with Crippen molar-refractivity contribution in [1.29, 1.82) is 0 Å². The maximum atomic E-state index is 13.6. The van der Waals surface area contributed by atoms with Crippen LogP contribution in [0.3, 0.4) is 0 Å². The molecule has 0 aliphatic carbocycles. The lowest BCUT2D eigenvalue weighted by atomic mass is 10.1. The molecule has 18 heavy (non-hydrogen) atoms. The normalized spacial score (nSPS) is 10.3. The molecule has 2 rings (SSSR count). The number of aromatic carboxylic acids is 1. The maximum absolute atomic E-state index is 13.6. The van der Waals surface area contributed by atoms with Gasteiger partial charge in [-0.3, -0.25) is 0 Å². The highest BCUT2D eigenvalue weighted by atomic mass is 32.2. The lowest BCUT2D eigenvalue weighted by Crippen LogP contribution is -2.00. The quantitative estimate of drug-likeness (QED) is 0.909. The van der Waals surface area contributed by atoms with Crippen LogP contribution < -0.4 is 0 Å². The van der Waals surface area contributed by atoms with Gasteiger partial charge in [-0.2, -0.15) is 0 Å². The molecular formula is C14H11FO2S. The van der Waals surface area contributed by atoms with Crippen LogP contribution in [0.15, 0.2) is 52.3 Å². The predicted molar refractivity (Wildman–Crippen MR) is 68.7 cm³/mol. The number of benzene rings is 2. The third-order valence-corrected chi connectivity index (χ3v) is 3.79. The van der Waals surface area contributed by atoms with Gasteiger partial charge in [0, 0.05) is 9.79 Å². The summed E-state index contributed by atoms with van der Waals surface area (Å²) in [4.78, 5) is 12.1. The molecule has 0 aliphatic rings. The molecule has 0 aromatic heterocycles. The Bertz CT molecular complexity index is 596. The Hall–Kier alpha value is -1.81. The second kappa shape index (κ2) is 5.23. The first-order chi connectivity index (χ1) is 8.59. The lowest BCUT2D eigenvalue weighted by Gasteiger charge is -2.09. The molecule has 0 heterocycles. The van der Waals surface area contributed by atoms with Crippen LogP contribution in [0.2, 0.25) is 0 Å². The number of hydrogen-bond donors (Lipinski definition) is 1.